The molecule has 0 atom stereocenters. The van der Waals surface area contributed by atoms with Crippen LogP contribution in [-0.2, 0) is 4.79 Å². The van der Waals surface area contributed by atoms with Crippen molar-refractivity contribution in [3.8, 4) is 0 Å². The van der Waals surface area contributed by atoms with Gasteiger partial charge in [-0.2, -0.15) is 0 Å². The number of fused-ring (bicyclic) bond motifs is 1. The highest BCUT2D eigenvalue weighted by Crippen LogP contribution is 2.28. The van der Waals surface area contributed by atoms with Crippen molar-refractivity contribution in [1.82, 2.24) is 19.8 Å². The van der Waals surface area contributed by atoms with Gasteiger partial charge in [0.05, 0.1) is 5.52 Å². The molecular weight excluding hydrogens is 359 g/mol. The molecule has 0 radical (unpaired) electrons. The minimum absolute atomic E-state index is 0.380. The Morgan fingerprint density at radius 1 is 1.14 bits per heavy atom. The summed E-state index contributed by atoms with van der Waals surface area (Å²) in [5.41, 5.74) is 7.53. The van der Waals surface area contributed by atoms with E-state index in [2.05, 4.69) is 20.2 Å². The summed E-state index contributed by atoms with van der Waals surface area (Å²) in [5.74, 6) is 0.462. The van der Waals surface area contributed by atoms with Gasteiger partial charge in [-0.3, -0.25) is 9.69 Å². The fourth-order valence-electron chi connectivity index (χ4n) is 4.39. The van der Waals surface area contributed by atoms with Crippen LogP contribution in [0.2, 0.25) is 0 Å². The summed E-state index contributed by atoms with van der Waals surface area (Å²) in [6, 6.07) is 6.61. The first-order valence-electron chi connectivity index (χ1n) is 9.98. The summed E-state index contributed by atoms with van der Waals surface area (Å²) in [6.45, 7) is 2.05. The molecule has 1 amide bonds. The molecule has 1 aliphatic carbocycles. The van der Waals surface area contributed by atoms with Crippen LogP contribution in [0, 0.1) is 0 Å². The standard InChI is InChI=1S/C20H27FN6O/c21-12-19(28)27-9-7-26(8-10-27)16-4-2-15(3-5-16)25-20-17-11-14(22)1-6-18(17)23-13-24-20/h1,6,11,13,15-16H,2-5,7-10,12,22H2,(H,23,24,25)/t15-,16-. The number of nitrogens with two attached hydrogens (primary N) is 1. The number of hydrogen-bond acceptors (Lipinski definition) is 6. The van der Waals surface area contributed by atoms with Crippen LogP contribution < -0.4 is 11.1 Å². The molecule has 0 spiro atoms. The number of benzene rings is 1. The molecule has 2 heterocycles. The van der Waals surface area contributed by atoms with Crippen molar-refractivity contribution < 1.29 is 9.18 Å². The van der Waals surface area contributed by atoms with Crippen molar-refractivity contribution >= 4 is 28.3 Å². The Kier molecular flexibility index (Phi) is 5.57. The lowest BCUT2D eigenvalue weighted by atomic mass is 9.89. The molecule has 2 fully saturated rings. The van der Waals surface area contributed by atoms with Gasteiger partial charge < -0.3 is 16.0 Å². The first-order valence-corrected chi connectivity index (χ1v) is 9.98. The molecule has 0 bridgehead atoms. The molecule has 1 aromatic carbocycles. The maximum Gasteiger partial charge on any atom is 0.254 e. The number of carbonyl (C=O) groups excluding carboxylic acids is 1. The van der Waals surface area contributed by atoms with Crippen LogP contribution in [0.25, 0.3) is 10.9 Å². The molecule has 1 saturated carbocycles. The summed E-state index contributed by atoms with van der Waals surface area (Å²) < 4.78 is 12.5. The topological polar surface area (TPSA) is 87.4 Å². The zero-order valence-electron chi connectivity index (χ0n) is 16.0. The Balaban J connectivity index is 1.32. The molecule has 0 unspecified atom stereocenters. The molecule has 1 aromatic heterocycles. The van der Waals surface area contributed by atoms with Crippen LogP contribution in [-0.4, -0.2) is 70.6 Å². The minimum Gasteiger partial charge on any atom is -0.399 e. The normalized spacial score (nSPS) is 23.7. The number of hydrogen-bond donors (Lipinski definition) is 2. The van der Waals surface area contributed by atoms with E-state index in [9.17, 15) is 9.18 Å². The van der Waals surface area contributed by atoms with Gasteiger partial charge in [-0.1, -0.05) is 0 Å². The first kappa shape index (κ1) is 18.9. The SMILES string of the molecule is Nc1ccc2ncnc(N[C@H]3CC[C@H](N4CCN(C(=O)CF)CC4)CC3)c2c1. The maximum absolute atomic E-state index is 12.5. The quantitative estimate of drug-likeness (QED) is 0.782. The Morgan fingerprint density at radius 2 is 1.89 bits per heavy atom. The molecule has 1 aliphatic heterocycles. The average Bonchev–Trinajstić information content (AvgIpc) is 2.74. The third-order valence-corrected chi connectivity index (χ3v) is 5.99. The zero-order valence-corrected chi connectivity index (χ0v) is 16.0. The smallest absolute Gasteiger partial charge is 0.254 e. The number of carbonyl (C=O) groups is 1. The van der Waals surface area contributed by atoms with Gasteiger partial charge in [-0.15, -0.1) is 0 Å². The lowest BCUT2D eigenvalue weighted by molar-refractivity contribution is -0.134. The number of nitrogen functional groups attached to an aromatic ring is 1. The molecule has 3 N–H and O–H groups in total. The number of alkyl halides is 1. The monoisotopic (exact) mass is 386 g/mol. The molecule has 2 aromatic rings. The predicted octanol–water partition coefficient (Wildman–Crippen LogP) is 2.05. The number of halogens is 1. The van der Waals surface area contributed by atoms with Gasteiger partial charge in [0.15, 0.2) is 6.67 Å². The highest BCUT2D eigenvalue weighted by molar-refractivity contribution is 5.91. The number of amides is 1. The Labute approximate surface area is 164 Å². The van der Waals surface area contributed by atoms with Crippen molar-refractivity contribution in [3.05, 3.63) is 24.5 Å². The molecule has 150 valence electrons. The summed E-state index contributed by atoms with van der Waals surface area (Å²) in [7, 11) is 0. The second kappa shape index (κ2) is 8.26. The van der Waals surface area contributed by atoms with Gasteiger partial charge in [0.2, 0.25) is 0 Å². The first-order chi connectivity index (χ1) is 13.6. The van der Waals surface area contributed by atoms with Crippen LogP contribution in [0.15, 0.2) is 24.5 Å². The third-order valence-electron chi connectivity index (χ3n) is 5.99. The van der Waals surface area contributed by atoms with Crippen LogP contribution in [0.1, 0.15) is 25.7 Å². The highest BCUT2D eigenvalue weighted by Gasteiger charge is 2.29. The number of anilines is 2. The number of rotatable bonds is 4. The van der Waals surface area contributed by atoms with E-state index < -0.39 is 6.67 Å². The average molecular weight is 386 g/mol. The molecule has 1 saturated heterocycles. The summed E-state index contributed by atoms with van der Waals surface area (Å²) in [4.78, 5) is 24.3. The molecule has 4 rings (SSSR count). The molecule has 2 aliphatic rings. The van der Waals surface area contributed by atoms with Crippen molar-refractivity contribution in [2.45, 2.75) is 37.8 Å². The van der Waals surface area contributed by atoms with E-state index >= 15 is 0 Å². The van der Waals surface area contributed by atoms with E-state index in [1.807, 2.05) is 18.2 Å². The van der Waals surface area contributed by atoms with Gasteiger partial charge in [0.1, 0.15) is 12.1 Å². The van der Waals surface area contributed by atoms with Crippen molar-refractivity contribution in [3.63, 3.8) is 0 Å². The van der Waals surface area contributed by atoms with Crippen LogP contribution in [0.5, 0.6) is 0 Å². The summed E-state index contributed by atoms with van der Waals surface area (Å²) >= 11 is 0. The lowest BCUT2D eigenvalue weighted by Gasteiger charge is -2.42. The largest absolute Gasteiger partial charge is 0.399 e. The summed E-state index contributed by atoms with van der Waals surface area (Å²) in [6.07, 6.45) is 5.95. The molecule has 8 heteroatoms. The third kappa shape index (κ3) is 4.01. The molecule has 28 heavy (non-hydrogen) atoms. The van der Waals surface area contributed by atoms with Crippen LogP contribution >= 0.6 is 0 Å². The van der Waals surface area contributed by atoms with Gasteiger partial charge in [-0.05, 0) is 43.9 Å². The molecule has 7 nitrogen and oxygen atoms in total. The molecular formula is C20H27FN6O. The van der Waals surface area contributed by atoms with E-state index in [0.29, 0.717) is 30.9 Å². The van der Waals surface area contributed by atoms with E-state index in [0.717, 1.165) is 55.5 Å². The summed E-state index contributed by atoms with van der Waals surface area (Å²) in [5, 5.41) is 4.54. The van der Waals surface area contributed by atoms with Crippen molar-refractivity contribution in [2.24, 2.45) is 0 Å². The Bertz CT molecular complexity index is 831. The number of piperazine rings is 1. The van der Waals surface area contributed by atoms with Gasteiger partial charge in [0.25, 0.3) is 5.91 Å². The van der Waals surface area contributed by atoms with E-state index in [1.54, 1.807) is 11.2 Å². The van der Waals surface area contributed by atoms with E-state index in [4.69, 9.17) is 5.73 Å². The van der Waals surface area contributed by atoms with Crippen molar-refractivity contribution in [2.75, 3.05) is 43.9 Å². The second-order valence-electron chi connectivity index (χ2n) is 7.70. The van der Waals surface area contributed by atoms with Crippen LogP contribution in [0.4, 0.5) is 15.9 Å². The highest BCUT2D eigenvalue weighted by atomic mass is 19.1. The zero-order chi connectivity index (χ0) is 19.5. The van der Waals surface area contributed by atoms with E-state index in [-0.39, 0.29) is 5.91 Å². The fraction of sp³-hybridized carbons (Fsp3) is 0.550. The Morgan fingerprint density at radius 3 is 2.61 bits per heavy atom. The maximum atomic E-state index is 12.5. The van der Waals surface area contributed by atoms with Crippen LogP contribution in [0.3, 0.4) is 0 Å². The van der Waals surface area contributed by atoms with Gasteiger partial charge in [-0.25, -0.2) is 14.4 Å². The van der Waals surface area contributed by atoms with Crippen molar-refractivity contribution in [1.29, 1.82) is 0 Å². The minimum atomic E-state index is -0.889. The predicted molar refractivity (Wildman–Crippen MR) is 108 cm³/mol. The number of aromatic nitrogens is 2. The van der Waals surface area contributed by atoms with Gasteiger partial charge >= 0.3 is 0 Å². The second-order valence-corrected chi connectivity index (χ2v) is 7.70. The number of nitrogens with one attached hydrogen (secondary N) is 1. The fourth-order valence-corrected chi connectivity index (χ4v) is 4.39. The Hall–Kier alpha value is -2.48. The number of nitrogens with zero attached hydrogens (tertiary/aromatic N) is 4. The van der Waals surface area contributed by atoms with E-state index in [1.165, 1.54) is 0 Å². The van der Waals surface area contributed by atoms with Gasteiger partial charge in [0, 0.05) is 49.3 Å². The lowest BCUT2D eigenvalue weighted by Crippen LogP contribution is -2.53.